The molecule has 0 saturated carbocycles. The van der Waals surface area contributed by atoms with E-state index in [9.17, 15) is 5.11 Å². The van der Waals surface area contributed by atoms with Gasteiger partial charge in [0.1, 0.15) is 35.8 Å². The molecule has 10 nitrogen and oxygen atoms in total. The molecule has 4 aromatic carbocycles. The van der Waals surface area contributed by atoms with E-state index in [4.69, 9.17) is 17.4 Å². The van der Waals surface area contributed by atoms with Crippen molar-refractivity contribution in [1.82, 2.24) is 29.9 Å². The van der Waals surface area contributed by atoms with E-state index in [1.807, 2.05) is 80.3 Å². The smallest absolute Gasteiger partial charge is 0.787 e. The molecule has 8 aromatic rings. The standard InChI is InChI=1S/C19H18N4OS2.C16H11IN4OS.C4H10S.CH4.Na/c1-19(2,3)26-17-7-12-13(8-15(17)24)20-9-21-18(12)23-11-4-5-16-14(6-11)22-10-25-16;1-22-14-6-12-10(5-11(14)17)16(19-7-18-12)21-9-2-3-15-13(4-9)20-8-23-15;1-4(2,3)5;;/h4-10,24H,1-3H3,(H,20,21,23);2-8H,1H3,(H,18,19,21);5H,1-3H3;1H4;/q;;;;+1/p-1. The number of thiazole rings is 2. The van der Waals surface area contributed by atoms with Crippen LogP contribution in [0.2, 0.25) is 0 Å². The Morgan fingerprint density at radius 1 is 0.696 bits per heavy atom. The second kappa shape index (κ2) is 19.6. The average Bonchev–Trinajstić information content (AvgIpc) is 3.77. The Morgan fingerprint density at radius 3 is 1.66 bits per heavy atom. The summed E-state index contributed by atoms with van der Waals surface area (Å²) in [7, 11) is 1.66. The van der Waals surface area contributed by atoms with E-state index < -0.39 is 0 Å². The maximum absolute atomic E-state index is 10.3. The van der Waals surface area contributed by atoms with Gasteiger partial charge in [-0.25, -0.2) is 29.9 Å². The summed E-state index contributed by atoms with van der Waals surface area (Å²) in [5.74, 6) is 2.53. The topological polar surface area (TPSA) is 131 Å². The quantitative estimate of drug-likeness (QED) is 0.0636. The maximum atomic E-state index is 10.3. The Hall–Kier alpha value is -3.03. The number of hydrogen-bond donors (Lipinski definition) is 3. The van der Waals surface area contributed by atoms with E-state index in [2.05, 4.69) is 90.0 Å². The first-order valence-corrected chi connectivity index (χ1v) is 20.8. The average molecular weight is 945 g/mol. The van der Waals surface area contributed by atoms with Crippen LogP contribution in [0.1, 0.15) is 49.0 Å². The number of phenolic OH excluding ortho intramolecular Hbond substituents is 1. The number of nitrogens with one attached hydrogen (secondary N) is 2. The van der Waals surface area contributed by atoms with E-state index in [1.165, 1.54) is 11.0 Å². The Morgan fingerprint density at radius 2 is 1.18 bits per heavy atom. The third-order valence-electron chi connectivity index (χ3n) is 7.23. The minimum atomic E-state index is -0.00988. The van der Waals surface area contributed by atoms with Gasteiger partial charge in [0.2, 0.25) is 0 Å². The summed E-state index contributed by atoms with van der Waals surface area (Å²) < 4.78 is 8.77. The van der Waals surface area contributed by atoms with Crippen molar-refractivity contribution < 1.29 is 39.4 Å². The van der Waals surface area contributed by atoms with Crippen molar-refractivity contribution in [3.05, 3.63) is 87.9 Å². The van der Waals surface area contributed by atoms with Gasteiger partial charge in [0.15, 0.2) is 0 Å². The molecule has 286 valence electrons. The summed E-state index contributed by atoms with van der Waals surface area (Å²) in [4.78, 5) is 26.9. The zero-order valence-corrected chi connectivity index (χ0v) is 39.1. The Kier molecular flexibility index (Phi) is 16.0. The zero-order chi connectivity index (χ0) is 38.6. The third kappa shape index (κ3) is 12.2. The van der Waals surface area contributed by atoms with Crippen molar-refractivity contribution >= 4 is 135 Å². The van der Waals surface area contributed by atoms with Crippen LogP contribution < -0.4 is 44.9 Å². The normalized spacial score (nSPS) is 11.2. The molecule has 0 aliphatic rings. The summed E-state index contributed by atoms with van der Waals surface area (Å²) in [5, 5.41) is 18.9. The van der Waals surface area contributed by atoms with Crippen LogP contribution in [0.3, 0.4) is 0 Å². The SMILES string of the molecule is C.CC(C)(C)Sc1cc2c(Nc3ccc4scnc4c3)ncnc2cc1O.CC(C)(C)[S-].COc1cc2ncnc(Nc3ccc4scnc4c3)c2cc1I.[Na+]. The van der Waals surface area contributed by atoms with Crippen LogP contribution >= 0.6 is 57.0 Å². The molecule has 4 heterocycles. The second-order valence-electron chi connectivity index (χ2n) is 13.9. The van der Waals surface area contributed by atoms with Gasteiger partial charge in [-0.3, -0.25) is 0 Å². The molecule has 0 aliphatic carbocycles. The minimum Gasteiger partial charge on any atom is -0.787 e. The Balaban J connectivity index is 0.000000216. The predicted octanol–water partition coefficient (Wildman–Crippen LogP) is 9.15. The van der Waals surface area contributed by atoms with Gasteiger partial charge in [0.25, 0.3) is 0 Å². The number of benzene rings is 4. The van der Waals surface area contributed by atoms with Gasteiger partial charge in [-0.05, 0) is 71.1 Å². The van der Waals surface area contributed by atoms with Crippen LogP contribution in [-0.2, 0) is 12.6 Å². The number of methoxy groups -OCH3 is 1. The molecule has 0 atom stereocenters. The number of rotatable bonds is 6. The van der Waals surface area contributed by atoms with Crippen molar-refractivity contribution in [2.75, 3.05) is 17.7 Å². The molecule has 0 saturated heterocycles. The summed E-state index contributed by atoms with van der Waals surface area (Å²) in [5.41, 5.74) is 9.05. The van der Waals surface area contributed by atoms with Gasteiger partial charge in [-0.2, -0.15) is 4.75 Å². The molecule has 0 unspecified atom stereocenters. The molecule has 16 heteroatoms. The number of aromatic nitrogens is 6. The van der Waals surface area contributed by atoms with Crippen LogP contribution in [0.25, 0.3) is 42.2 Å². The third-order valence-corrected chi connectivity index (χ3v) is 10.8. The molecular formula is C40H42IN8NaO2S4. The van der Waals surface area contributed by atoms with Gasteiger partial charge in [0.05, 0.1) is 58.1 Å². The molecule has 3 N–H and O–H groups in total. The molecule has 0 spiro atoms. The van der Waals surface area contributed by atoms with Gasteiger partial charge in [-0.15, -0.1) is 34.4 Å². The first-order valence-electron chi connectivity index (χ1n) is 16.7. The fourth-order valence-corrected chi connectivity index (χ4v) is 8.05. The van der Waals surface area contributed by atoms with Crippen LogP contribution in [0, 0.1) is 3.57 Å². The van der Waals surface area contributed by atoms with Gasteiger partial charge < -0.3 is 33.1 Å². The predicted molar refractivity (Wildman–Crippen MR) is 245 cm³/mol. The van der Waals surface area contributed by atoms with E-state index in [1.54, 1.807) is 53.9 Å². The number of anilines is 4. The van der Waals surface area contributed by atoms with Crippen molar-refractivity contribution in [2.45, 2.75) is 63.4 Å². The molecule has 0 fully saturated rings. The van der Waals surface area contributed by atoms with Crippen molar-refractivity contribution in [1.29, 1.82) is 0 Å². The van der Waals surface area contributed by atoms with E-state index in [0.717, 1.165) is 63.4 Å². The maximum Gasteiger partial charge on any atom is 1.00 e. The number of halogens is 1. The molecule has 8 rings (SSSR count). The molecule has 0 bridgehead atoms. The number of nitrogens with zero attached hydrogens (tertiary/aromatic N) is 6. The number of fused-ring (bicyclic) bond motifs is 4. The summed E-state index contributed by atoms with van der Waals surface area (Å²) in [6.07, 6.45) is 3.06. The van der Waals surface area contributed by atoms with Crippen LogP contribution in [0.4, 0.5) is 23.0 Å². The largest absolute Gasteiger partial charge is 1.00 e. The first-order chi connectivity index (χ1) is 25.6. The Labute approximate surface area is 381 Å². The molecule has 0 aliphatic heterocycles. The molecular weight excluding hydrogens is 903 g/mol. The minimum absolute atomic E-state index is 0. The fraction of sp³-hybridized carbons (Fsp3) is 0.250. The molecule has 0 amide bonds. The van der Waals surface area contributed by atoms with Crippen molar-refractivity contribution in [3.63, 3.8) is 0 Å². The van der Waals surface area contributed by atoms with Gasteiger partial charge >= 0.3 is 29.6 Å². The van der Waals surface area contributed by atoms with E-state index in [-0.39, 0.29) is 52.2 Å². The number of phenols is 1. The molecule has 4 aromatic heterocycles. The summed E-state index contributed by atoms with van der Waals surface area (Å²) in [6.45, 7) is 12.4. The van der Waals surface area contributed by atoms with E-state index >= 15 is 0 Å². The monoisotopic (exact) mass is 944 g/mol. The summed E-state index contributed by atoms with van der Waals surface area (Å²) in [6, 6.07) is 19.8. The molecule has 56 heavy (non-hydrogen) atoms. The van der Waals surface area contributed by atoms with Crippen LogP contribution in [-0.4, -0.2) is 51.6 Å². The van der Waals surface area contributed by atoms with Gasteiger partial charge in [0, 0.05) is 39.0 Å². The first kappa shape index (κ1) is 45.7. The number of hydrogen-bond acceptors (Lipinski definition) is 14. The second-order valence-corrected chi connectivity index (χ2v) is 20.0. The van der Waals surface area contributed by atoms with Crippen molar-refractivity contribution in [3.8, 4) is 11.5 Å². The number of aromatic hydroxyl groups is 1. The van der Waals surface area contributed by atoms with Crippen molar-refractivity contribution in [2.24, 2.45) is 0 Å². The van der Waals surface area contributed by atoms with Crippen LogP contribution in [0.5, 0.6) is 11.5 Å². The fourth-order valence-electron chi connectivity index (χ4n) is 5.04. The number of ether oxygens (including phenoxy) is 1. The number of thioether (sulfide) groups is 1. The van der Waals surface area contributed by atoms with Gasteiger partial charge in [-0.1, -0.05) is 49.0 Å². The van der Waals surface area contributed by atoms with Crippen LogP contribution in [0.15, 0.2) is 89.2 Å². The molecule has 0 radical (unpaired) electrons. The summed E-state index contributed by atoms with van der Waals surface area (Å²) >= 11 is 11.9. The van der Waals surface area contributed by atoms with E-state index in [0.29, 0.717) is 11.3 Å². The zero-order valence-electron chi connectivity index (χ0n) is 31.6. The Bertz CT molecular complexity index is 2570.